The van der Waals surface area contributed by atoms with Gasteiger partial charge in [-0.1, -0.05) is 13.8 Å². The summed E-state index contributed by atoms with van der Waals surface area (Å²) in [5, 5.41) is 47.1. The van der Waals surface area contributed by atoms with Crippen LogP contribution in [0.3, 0.4) is 0 Å². The maximum atomic E-state index is 12.6. The Labute approximate surface area is 343 Å². The molecular weight excluding hydrogens is 750 g/mol. The van der Waals surface area contributed by atoms with Crippen molar-refractivity contribution in [1.82, 2.24) is 4.90 Å². The quantitative estimate of drug-likeness (QED) is 0.208. The molecule has 0 radical (unpaired) electrons. The molecule has 0 bridgehead atoms. The Morgan fingerprint density at radius 1 is 0.776 bits per heavy atom. The van der Waals surface area contributed by atoms with E-state index in [2.05, 4.69) is 18.7 Å². The number of hydrogen-bond acceptors (Lipinski definition) is 14. The summed E-state index contributed by atoms with van der Waals surface area (Å²) in [6.45, 7) is 13.7. The van der Waals surface area contributed by atoms with Crippen molar-refractivity contribution < 1.29 is 63.1 Å². The molecule has 0 spiro atoms. The molecule has 0 aromatic rings. The fourth-order valence-electron chi connectivity index (χ4n) is 13.6. The number of carbonyl (C=O) groups excluding carboxylic acids is 1. The van der Waals surface area contributed by atoms with E-state index in [1.54, 1.807) is 6.08 Å². The summed E-state index contributed by atoms with van der Waals surface area (Å²) in [6.07, 6.45) is 3.03. The molecule has 4 N–H and O–H groups in total. The van der Waals surface area contributed by atoms with Crippen LogP contribution >= 0.6 is 0 Å². The van der Waals surface area contributed by atoms with Crippen molar-refractivity contribution in [3.63, 3.8) is 0 Å². The molecule has 328 valence electrons. The number of nitrogens with zero attached hydrogens (tertiary/aromatic N) is 1. The second-order valence-electron chi connectivity index (χ2n) is 20.1. The third kappa shape index (κ3) is 7.34. The van der Waals surface area contributed by atoms with Gasteiger partial charge in [0.05, 0.1) is 67.6 Å². The average molecular weight is 820 g/mol. The fraction of sp³-hybridized carbons (Fsp3) is 0.932. The molecule has 5 heterocycles. The van der Waals surface area contributed by atoms with Crippen molar-refractivity contribution in [1.29, 1.82) is 0 Å². The highest BCUT2D eigenvalue weighted by Gasteiger charge is 2.71. The van der Waals surface area contributed by atoms with Gasteiger partial charge in [0.25, 0.3) is 0 Å². The van der Waals surface area contributed by atoms with Crippen LogP contribution in [0.25, 0.3) is 0 Å². The third-order valence-corrected chi connectivity index (χ3v) is 16.9. The molecule has 58 heavy (non-hydrogen) atoms. The number of ether oxygens (including phenoxy) is 8. The largest absolute Gasteiger partial charge is 0.458 e. The second-order valence-corrected chi connectivity index (χ2v) is 20.1. The monoisotopic (exact) mass is 819 g/mol. The van der Waals surface area contributed by atoms with Gasteiger partial charge in [-0.3, -0.25) is 4.90 Å². The lowest BCUT2D eigenvalue weighted by atomic mass is 9.42. The number of hydrogen-bond donors (Lipinski definition) is 4. The van der Waals surface area contributed by atoms with E-state index in [1.165, 1.54) is 0 Å². The van der Waals surface area contributed by atoms with E-state index >= 15 is 0 Å². The summed E-state index contributed by atoms with van der Waals surface area (Å²) in [6, 6.07) is 0.428. The summed E-state index contributed by atoms with van der Waals surface area (Å²) < 4.78 is 48.7. The van der Waals surface area contributed by atoms with Gasteiger partial charge in [-0.15, -0.1) is 0 Å². The standard InChI is InChI=1S/C44H69NO13/c1-23-19-45(28-21-51-22-28)13-10-37(53-23)57-40-24(2)55-39(18-34(40)47)58-41-25(3)54-38(17-33(41)46)56-29-8-11-42(4)27(15-29)6-7-31-32(42)16-35(48)43(5)30(9-12-44(31,43)50)26-14-36(49)52-20-26/h14,23-25,27-35,37-41,46-48,50H,6-13,15-22H2,1-5H3/t23?,24-,25-,27-,29+,30-,31-,32+,33+,34+,35-,37?,38+,39+,40-,41-,42+,43+,44+/m1/s1. The predicted molar refractivity (Wildman–Crippen MR) is 207 cm³/mol. The first-order valence-corrected chi connectivity index (χ1v) is 22.5. The third-order valence-electron chi connectivity index (χ3n) is 16.9. The van der Waals surface area contributed by atoms with Crippen molar-refractivity contribution in [2.24, 2.45) is 34.5 Å². The topological polar surface area (TPSA) is 175 Å². The van der Waals surface area contributed by atoms with Crippen molar-refractivity contribution in [3.8, 4) is 0 Å². The molecule has 14 nitrogen and oxygen atoms in total. The summed E-state index contributed by atoms with van der Waals surface area (Å²) in [5.74, 6) is 0.271. The molecule has 9 rings (SSSR count). The van der Waals surface area contributed by atoms with Crippen LogP contribution in [0.4, 0.5) is 0 Å². The molecule has 0 amide bonds. The second kappa shape index (κ2) is 16.1. The molecule has 8 fully saturated rings. The molecule has 5 aliphatic heterocycles. The van der Waals surface area contributed by atoms with Crippen LogP contribution < -0.4 is 0 Å². The van der Waals surface area contributed by atoms with Crippen LogP contribution in [0.5, 0.6) is 0 Å². The number of esters is 1. The number of rotatable bonds is 8. The normalized spacial score (nSPS) is 52.8. The SMILES string of the molecule is CC1CN(C2COC2)CCC(O[C@H]2[C@@H](O)C[C@H](O[C@H]3[C@@H](O)C[C@H](O[C@H]4CC[C@@]5(C)[C@H](CC[C@@H]6[C@@H]5C[C@@H](O)[C@]5(C)[C@@H](C7=CC(=O)OC7)CC[C@]65O)C4)O[C@@H]3C)O[C@@H]2C)O1. The summed E-state index contributed by atoms with van der Waals surface area (Å²) in [7, 11) is 0. The smallest absolute Gasteiger partial charge is 0.331 e. The van der Waals surface area contributed by atoms with Gasteiger partial charge in [0.1, 0.15) is 18.8 Å². The highest BCUT2D eigenvalue weighted by atomic mass is 16.7. The molecular formula is C44H69NO13. The molecule has 0 aromatic heterocycles. The van der Waals surface area contributed by atoms with Crippen LogP contribution in [0.1, 0.15) is 105 Å². The van der Waals surface area contributed by atoms with Crippen molar-refractivity contribution in [3.05, 3.63) is 11.6 Å². The number of cyclic esters (lactones) is 1. The molecule has 4 saturated heterocycles. The number of fused-ring (bicyclic) bond motifs is 5. The van der Waals surface area contributed by atoms with Gasteiger partial charge in [-0.05, 0) is 107 Å². The van der Waals surface area contributed by atoms with Crippen LogP contribution in [-0.4, -0.2) is 150 Å². The minimum atomic E-state index is -1.00. The zero-order valence-electron chi connectivity index (χ0n) is 35.1. The number of aliphatic hydroxyl groups excluding tert-OH is 3. The Balaban J connectivity index is 0.760. The van der Waals surface area contributed by atoms with E-state index in [1.807, 2.05) is 20.8 Å². The summed E-state index contributed by atoms with van der Waals surface area (Å²) in [5.41, 5.74) is -0.842. The van der Waals surface area contributed by atoms with E-state index in [-0.39, 0.29) is 60.8 Å². The van der Waals surface area contributed by atoms with Gasteiger partial charge in [-0.25, -0.2) is 4.79 Å². The zero-order chi connectivity index (χ0) is 40.7. The van der Waals surface area contributed by atoms with E-state index in [0.717, 1.165) is 70.4 Å². The lowest BCUT2D eigenvalue weighted by Crippen LogP contribution is -2.67. The molecule has 2 unspecified atom stereocenters. The maximum absolute atomic E-state index is 12.6. The van der Waals surface area contributed by atoms with E-state index in [4.69, 9.17) is 37.9 Å². The Morgan fingerprint density at radius 3 is 2.10 bits per heavy atom. The predicted octanol–water partition coefficient (Wildman–Crippen LogP) is 3.20. The lowest BCUT2D eigenvalue weighted by Gasteiger charge is -2.65. The first kappa shape index (κ1) is 42.1. The molecule has 4 aliphatic carbocycles. The summed E-state index contributed by atoms with van der Waals surface area (Å²) >= 11 is 0. The molecule has 4 saturated carbocycles. The van der Waals surface area contributed by atoms with Crippen LogP contribution in [0.15, 0.2) is 11.6 Å². The van der Waals surface area contributed by atoms with Crippen molar-refractivity contribution >= 4 is 5.97 Å². The van der Waals surface area contributed by atoms with Crippen LogP contribution in [-0.2, 0) is 42.7 Å². The van der Waals surface area contributed by atoms with Gasteiger partial charge in [0.2, 0.25) is 0 Å². The van der Waals surface area contributed by atoms with Crippen molar-refractivity contribution in [2.45, 2.75) is 191 Å². The van der Waals surface area contributed by atoms with E-state index < -0.39 is 72.6 Å². The fourth-order valence-corrected chi connectivity index (χ4v) is 13.6. The highest BCUT2D eigenvalue weighted by molar-refractivity contribution is 5.85. The minimum absolute atomic E-state index is 0.00710. The van der Waals surface area contributed by atoms with Gasteiger partial charge >= 0.3 is 5.97 Å². The first-order valence-electron chi connectivity index (χ1n) is 22.5. The Bertz CT molecular complexity index is 1510. The van der Waals surface area contributed by atoms with Crippen molar-refractivity contribution in [2.75, 3.05) is 32.9 Å². The molecule has 14 heteroatoms. The molecule has 0 aromatic carbocycles. The van der Waals surface area contributed by atoms with E-state index in [9.17, 15) is 25.2 Å². The summed E-state index contributed by atoms with van der Waals surface area (Å²) in [4.78, 5) is 14.4. The minimum Gasteiger partial charge on any atom is -0.458 e. The highest BCUT2D eigenvalue weighted by Crippen LogP contribution is 2.70. The molecule has 19 atom stereocenters. The lowest BCUT2D eigenvalue weighted by molar-refractivity contribution is -0.329. The Hall–Kier alpha value is -1.27. The average Bonchev–Trinajstić information content (AvgIpc) is 3.63. The number of carbonyl (C=O) groups is 1. The Kier molecular flexibility index (Phi) is 11.7. The van der Waals surface area contributed by atoms with Gasteiger partial charge < -0.3 is 58.3 Å². The molecule has 9 aliphatic rings. The van der Waals surface area contributed by atoms with Gasteiger partial charge in [0.15, 0.2) is 18.9 Å². The van der Waals surface area contributed by atoms with Crippen LogP contribution in [0.2, 0.25) is 0 Å². The number of aliphatic hydroxyl groups is 4. The maximum Gasteiger partial charge on any atom is 0.331 e. The van der Waals surface area contributed by atoms with Crippen LogP contribution in [0, 0.1) is 34.5 Å². The Morgan fingerprint density at radius 2 is 1.47 bits per heavy atom. The first-order chi connectivity index (χ1) is 27.7. The van der Waals surface area contributed by atoms with Gasteiger partial charge in [0, 0.05) is 43.8 Å². The zero-order valence-corrected chi connectivity index (χ0v) is 35.1. The van der Waals surface area contributed by atoms with E-state index in [0.29, 0.717) is 31.2 Å². The van der Waals surface area contributed by atoms with Gasteiger partial charge in [-0.2, -0.15) is 0 Å².